The van der Waals surface area contributed by atoms with Crippen LogP contribution < -0.4 is 5.32 Å². The van der Waals surface area contributed by atoms with E-state index in [1.165, 1.54) is 7.11 Å². The Morgan fingerprint density at radius 2 is 2.29 bits per heavy atom. The Hall–Kier alpha value is -0.610. The van der Waals surface area contributed by atoms with Crippen molar-refractivity contribution in [1.82, 2.24) is 5.32 Å². The van der Waals surface area contributed by atoms with E-state index in [4.69, 9.17) is 0 Å². The van der Waals surface area contributed by atoms with Crippen LogP contribution in [-0.4, -0.2) is 36.4 Å². The molecule has 4 nitrogen and oxygen atoms in total. The van der Waals surface area contributed by atoms with Gasteiger partial charge in [0, 0.05) is 12.6 Å². The lowest BCUT2D eigenvalue weighted by Crippen LogP contribution is -2.48. The molecule has 1 aliphatic carbocycles. The molecule has 4 heteroatoms. The number of aliphatic hydroxyl groups is 1. The van der Waals surface area contributed by atoms with Gasteiger partial charge in [-0.25, -0.2) is 0 Å². The van der Waals surface area contributed by atoms with Crippen molar-refractivity contribution in [2.45, 2.75) is 44.2 Å². The summed E-state index contributed by atoms with van der Waals surface area (Å²) in [5.74, 6) is -0.217. The van der Waals surface area contributed by atoms with Crippen LogP contribution in [0, 0.1) is 0 Å². The predicted octanol–water partition coefficient (Wildman–Crippen LogP) is 0.443. The standard InChI is InChI=1S/C10H19NO3/c1-8(6-9(12)14-2)11-7-10(13)4-3-5-10/h8,11,13H,3-7H2,1-2H3. The monoisotopic (exact) mass is 201 g/mol. The lowest BCUT2D eigenvalue weighted by atomic mass is 9.80. The molecule has 1 aliphatic rings. The molecule has 0 bridgehead atoms. The van der Waals surface area contributed by atoms with E-state index in [0.717, 1.165) is 19.3 Å². The van der Waals surface area contributed by atoms with Crippen LogP contribution in [0.5, 0.6) is 0 Å². The first-order chi connectivity index (χ1) is 6.56. The molecule has 0 aromatic heterocycles. The first-order valence-electron chi connectivity index (χ1n) is 5.08. The van der Waals surface area contributed by atoms with Crippen LogP contribution in [0.1, 0.15) is 32.6 Å². The van der Waals surface area contributed by atoms with Crippen molar-refractivity contribution in [3.05, 3.63) is 0 Å². The Labute approximate surface area is 84.6 Å². The normalized spacial score (nSPS) is 21.1. The average molecular weight is 201 g/mol. The van der Waals surface area contributed by atoms with E-state index in [2.05, 4.69) is 10.1 Å². The lowest BCUT2D eigenvalue weighted by Gasteiger charge is -2.37. The molecule has 0 aromatic rings. The molecular weight excluding hydrogens is 182 g/mol. The van der Waals surface area contributed by atoms with E-state index in [1.54, 1.807) is 0 Å². The number of hydrogen-bond donors (Lipinski definition) is 2. The Bertz CT molecular complexity index is 202. The predicted molar refractivity (Wildman–Crippen MR) is 52.9 cm³/mol. The number of esters is 1. The van der Waals surface area contributed by atoms with Crippen LogP contribution in [0.3, 0.4) is 0 Å². The van der Waals surface area contributed by atoms with Crippen molar-refractivity contribution < 1.29 is 14.6 Å². The van der Waals surface area contributed by atoms with E-state index in [-0.39, 0.29) is 12.0 Å². The fraction of sp³-hybridized carbons (Fsp3) is 0.900. The van der Waals surface area contributed by atoms with Crippen LogP contribution in [0.4, 0.5) is 0 Å². The maximum Gasteiger partial charge on any atom is 0.307 e. The van der Waals surface area contributed by atoms with Gasteiger partial charge in [0.1, 0.15) is 0 Å². The highest BCUT2D eigenvalue weighted by Gasteiger charge is 2.34. The van der Waals surface area contributed by atoms with Gasteiger partial charge in [-0.1, -0.05) is 0 Å². The van der Waals surface area contributed by atoms with Crippen LogP contribution in [0.2, 0.25) is 0 Å². The molecule has 1 fully saturated rings. The molecule has 1 rings (SSSR count). The zero-order valence-corrected chi connectivity index (χ0v) is 8.88. The van der Waals surface area contributed by atoms with Gasteiger partial charge >= 0.3 is 5.97 Å². The molecule has 0 spiro atoms. The van der Waals surface area contributed by atoms with E-state index < -0.39 is 5.60 Å². The molecule has 14 heavy (non-hydrogen) atoms. The van der Waals surface area contributed by atoms with Gasteiger partial charge in [-0.05, 0) is 26.2 Å². The number of hydrogen-bond acceptors (Lipinski definition) is 4. The highest BCUT2D eigenvalue weighted by Crippen LogP contribution is 2.30. The maximum atomic E-state index is 10.9. The number of rotatable bonds is 5. The molecule has 0 saturated heterocycles. The highest BCUT2D eigenvalue weighted by molar-refractivity contribution is 5.69. The van der Waals surface area contributed by atoms with Crippen molar-refractivity contribution in [2.75, 3.05) is 13.7 Å². The minimum atomic E-state index is -0.523. The van der Waals surface area contributed by atoms with Crippen molar-refractivity contribution in [1.29, 1.82) is 0 Å². The van der Waals surface area contributed by atoms with Crippen LogP contribution in [-0.2, 0) is 9.53 Å². The molecule has 2 N–H and O–H groups in total. The number of methoxy groups -OCH3 is 1. The third kappa shape index (κ3) is 3.27. The third-order valence-electron chi connectivity index (χ3n) is 2.76. The summed E-state index contributed by atoms with van der Waals surface area (Å²) < 4.78 is 4.55. The average Bonchev–Trinajstić information content (AvgIpc) is 2.11. The van der Waals surface area contributed by atoms with Crippen molar-refractivity contribution >= 4 is 5.97 Å². The number of carbonyl (C=O) groups is 1. The molecule has 0 radical (unpaired) electrons. The summed E-state index contributed by atoms with van der Waals surface area (Å²) in [7, 11) is 1.38. The second-order valence-corrected chi connectivity index (χ2v) is 4.14. The van der Waals surface area contributed by atoms with Crippen LogP contribution in [0.15, 0.2) is 0 Å². The summed E-state index contributed by atoms with van der Waals surface area (Å²) in [5, 5.41) is 12.9. The minimum absolute atomic E-state index is 0.0621. The minimum Gasteiger partial charge on any atom is -0.469 e. The molecule has 0 aliphatic heterocycles. The van der Waals surface area contributed by atoms with Gasteiger partial charge in [0.25, 0.3) is 0 Å². The largest absolute Gasteiger partial charge is 0.469 e. The van der Waals surface area contributed by atoms with E-state index >= 15 is 0 Å². The van der Waals surface area contributed by atoms with E-state index in [9.17, 15) is 9.90 Å². The van der Waals surface area contributed by atoms with E-state index in [0.29, 0.717) is 13.0 Å². The quantitative estimate of drug-likeness (QED) is 0.634. The van der Waals surface area contributed by atoms with Crippen LogP contribution >= 0.6 is 0 Å². The van der Waals surface area contributed by atoms with Crippen LogP contribution in [0.25, 0.3) is 0 Å². The second-order valence-electron chi connectivity index (χ2n) is 4.14. The molecule has 0 heterocycles. The Balaban J connectivity index is 2.14. The summed E-state index contributed by atoms with van der Waals surface area (Å²) in [6.45, 7) is 2.49. The molecule has 1 saturated carbocycles. The van der Waals surface area contributed by atoms with Gasteiger partial charge in [0.15, 0.2) is 0 Å². The van der Waals surface area contributed by atoms with Gasteiger partial charge in [-0.3, -0.25) is 4.79 Å². The Morgan fingerprint density at radius 3 is 2.71 bits per heavy atom. The van der Waals surface area contributed by atoms with Gasteiger partial charge in [0.05, 0.1) is 19.1 Å². The van der Waals surface area contributed by atoms with Gasteiger partial charge in [0.2, 0.25) is 0 Å². The van der Waals surface area contributed by atoms with Crippen molar-refractivity contribution in [2.24, 2.45) is 0 Å². The Kier molecular flexibility index (Phi) is 3.89. The zero-order chi connectivity index (χ0) is 10.6. The zero-order valence-electron chi connectivity index (χ0n) is 8.88. The fourth-order valence-corrected chi connectivity index (χ4v) is 1.53. The molecule has 1 unspecified atom stereocenters. The van der Waals surface area contributed by atoms with E-state index in [1.807, 2.05) is 6.92 Å². The number of nitrogens with one attached hydrogen (secondary N) is 1. The summed E-state index contributed by atoms with van der Waals surface area (Å²) >= 11 is 0. The van der Waals surface area contributed by atoms with Gasteiger partial charge in [-0.15, -0.1) is 0 Å². The smallest absolute Gasteiger partial charge is 0.307 e. The SMILES string of the molecule is COC(=O)CC(C)NCC1(O)CCC1. The second kappa shape index (κ2) is 4.75. The molecule has 82 valence electrons. The number of carbonyl (C=O) groups excluding carboxylic acids is 1. The first kappa shape index (κ1) is 11.5. The first-order valence-corrected chi connectivity index (χ1v) is 5.08. The summed E-state index contributed by atoms with van der Waals surface area (Å²) in [5.41, 5.74) is -0.523. The molecule has 0 aromatic carbocycles. The van der Waals surface area contributed by atoms with Crippen molar-refractivity contribution in [3.8, 4) is 0 Å². The maximum absolute atomic E-state index is 10.9. The fourth-order valence-electron chi connectivity index (χ4n) is 1.53. The topological polar surface area (TPSA) is 58.6 Å². The molecular formula is C10H19NO3. The summed E-state index contributed by atoms with van der Waals surface area (Å²) in [6, 6.07) is 0.0621. The third-order valence-corrected chi connectivity index (χ3v) is 2.76. The van der Waals surface area contributed by atoms with Crippen molar-refractivity contribution in [3.63, 3.8) is 0 Å². The van der Waals surface area contributed by atoms with Gasteiger partial charge < -0.3 is 15.2 Å². The summed E-state index contributed by atoms with van der Waals surface area (Å²) in [4.78, 5) is 10.9. The number of ether oxygens (including phenoxy) is 1. The summed E-state index contributed by atoms with van der Waals surface area (Å²) in [6.07, 6.45) is 3.19. The lowest BCUT2D eigenvalue weighted by molar-refractivity contribution is -0.141. The van der Waals surface area contributed by atoms with Gasteiger partial charge in [-0.2, -0.15) is 0 Å². The molecule has 0 amide bonds. The molecule has 1 atom stereocenters. The Morgan fingerprint density at radius 1 is 1.64 bits per heavy atom. The highest BCUT2D eigenvalue weighted by atomic mass is 16.5.